The molecule has 0 aliphatic heterocycles. The molecule has 1 aromatic heterocycles. The first-order valence-corrected chi connectivity index (χ1v) is 8.77. The van der Waals surface area contributed by atoms with Crippen molar-refractivity contribution in [3.05, 3.63) is 46.4 Å². The number of carbonyl (C=O) groups excluding carboxylic acids is 1. The van der Waals surface area contributed by atoms with Gasteiger partial charge in [0.2, 0.25) is 5.91 Å². The Kier molecular flexibility index (Phi) is 7.17. The number of nitrogens with one attached hydrogen (secondary N) is 1. The highest BCUT2D eigenvalue weighted by molar-refractivity contribution is 5.91. The van der Waals surface area contributed by atoms with Gasteiger partial charge in [-0.1, -0.05) is 18.2 Å². The van der Waals surface area contributed by atoms with Crippen LogP contribution in [0.15, 0.2) is 35.1 Å². The summed E-state index contributed by atoms with van der Waals surface area (Å²) < 4.78 is 8.34. The summed E-state index contributed by atoms with van der Waals surface area (Å²) in [6.45, 7) is 4.03. The molecule has 2 aromatic rings. The van der Waals surface area contributed by atoms with E-state index < -0.39 is 0 Å². The van der Waals surface area contributed by atoms with Gasteiger partial charge in [-0.15, -0.1) is 0 Å². The molecule has 0 saturated heterocycles. The number of hydrogen-bond acceptors (Lipinski definition) is 4. The molecule has 0 aliphatic rings. The predicted molar refractivity (Wildman–Crippen MR) is 103 cm³/mol. The Hall–Kier alpha value is -2.38. The summed E-state index contributed by atoms with van der Waals surface area (Å²) in [5, 5.41) is 2.79. The van der Waals surface area contributed by atoms with E-state index >= 15 is 0 Å². The quantitative estimate of drug-likeness (QED) is 0.692. The number of rotatable bonds is 9. The van der Waals surface area contributed by atoms with Crippen LogP contribution in [0, 0.1) is 6.92 Å². The van der Waals surface area contributed by atoms with Crippen LogP contribution in [0.4, 0.5) is 5.69 Å². The molecule has 0 spiro atoms. The van der Waals surface area contributed by atoms with E-state index in [1.807, 2.05) is 51.4 Å². The molecule has 0 unspecified atom stereocenters. The monoisotopic (exact) mass is 360 g/mol. The average molecular weight is 360 g/mol. The molecule has 0 saturated carbocycles. The first kappa shape index (κ1) is 19.9. The number of carbonyl (C=O) groups is 1. The summed E-state index contributed by atoms with van der Waals surface area (Å²) in [6, 6.07) is 9.38. The Labute approximate surface area is 154 Å². The number of amides is 1. The second-order valence-corrected chi connectivity index (χ2v) is 6.38. The van der Waals surface area contributed by atoms with E-state index in [4.69, 9.17) is 4.74 Å². The fourth-order valence-electron chi connectivity index (χ4n) is 2.80. The van der Waals surface area contributed by atoms with Gasteiger partial charge in [0, 0.05) is 40.3 Å². The van der Waals surface area contributed by atoms with Crippen LogP contribution in [0.25, 0.3) is 5.69 Å². The molecule has 1 amide bonds. The SMILES string of the molecule is COCCCN(C)CCC(=O)Nc1c(C)n(C)n(-c2ccccc2)c1=O. The summed E-state index contributed by atoms with van der Waals surface area (Å²) in [5.41, 5.74) is 1.60. The zero-order valence-electron chi connectivity index (χ0n) is 16.0. The number of nitrogens with zero attached hydrogens (tertiary/aromatic N) is 3. The van der Waals surface area contributed by atoms with Crippen LogP contribution in [0.1, 0.15) is 18.5 Å². The van der Waals surface area contributed by atoms with Crippen molar-refractivity contribution in [1.29, 1.82) is 0 Å². The van der Waals surface area contributed by atoms with Gasteiger partial charge in [-0.3, -0.25) is 14.3 Å². The van der Waals surface area contributed by atoms with Crippen molar-refractivity contribution in [3.8, 4) is 5.69 Å². The van der Waals surface area contributed by atoms with Crippen LogP contribution >= 0.6 is 0 Å². The van der Waals surface area contributed by atoms with Gasteiger partial charge in [-0.05, 0) is 32.5 Å². The Bertz CT molecular complexity index is 780. The van der Waals surface area contributed by atoms with E-state index in [2.05, 4.69) is 10.2 Å². The van der Waals surface area contributed by atoms with Crippen molar-refractivity contribution in [1.82, 2.24) is 14.3 Å². The number of para-hydroxylation sites is 1. The molecule has 1 heterocycles. The van der Waals surface area contributed by atoms with Crippen LogP contribution in [-0.4, -0.2) is 54.0 Å². The van der Waals surface area contributed by atoms with Gasteiger partial charge in [0.15, 0.2) is 0 Å². The van der Waals surface area contributed by atoms with E-state index in [0.29, 0.717) is 25.3 Å². The van der Waals surface area contributed by atoms with Crippen LogP contribution in [-0.2, 0) is 16.6 Å². The summed E-state index contributed by atoms with van der Waals surface area (Å²) in [5.74, 6) is -0.158. The zero-order valence-corrected chi connectivity index (χ0v) is 16.0. The lowest BCUT2D eigenvalue weighted by atomic mass is 10.3. The van der Waals surface area contributed by atoms with E-state index in [9.17, 15) is 9.59 Å². The molecule has 0 atom stereocenters. The smallest absolute Gasteiger partial charge is 0.295 e. The molecule has 7 nitrogen and oxygen atoms in total. The van der Waals surface area contributed by atoms with Gasteiger partial charge >= 0.3 is 0 Å². The van der Waals surface area contributed by atoms with Gasteiger partial charge in [-0.2, -0.15) is 0 Å². The third-order valence-electron chi connectivity index (χ3n) is 4.43. The van der Waals surface area contributed by atoms with Crippen LogP contribution in [0.2, 0.25) is 0 Å². The van der Waals surface area contributed by atoms with Crippen molar-refractivity contribution in [2.75, 3.05) is 39.2 Å². The summed E-state index contributed by atoms with van der Waals surface area (Å²) >= 11 is 0. The molecular weight excluding hydrogens is 332 g/mol. The third-order valence-corrected chi connectivity index (χ3v) is 4.43. The first-order valence-electron chi connectivity index (χ1n) is 8.77. The average Bonchev–Trinajstić information content (AvgIpc) is 2.84. The Morgan fingerprint density at radius 2 is 1.92 bits per heavy atom. The molecule has 0 bridgehead atoms. The van der Waals surface area contributed by atoms with Crippen molar-refractivity contribution in [2.24, 2.45) is 7.05 Å². The summed E-state index contributed by atoms with van der Waals surface area (Å²) in [7, 11) is 5.46. The van der Waals surface area contributed by atoms with Gasteiger partial charge in [0.1, 0.15) is 5.69 Å². The van der Waals surface area contributed by atoms with E-state index in [1.54, 1.807) is 16.5 Å². The highest BCUT2D eigenvalue weighted by Crippen LogP contribution is 2.14. The molecule has 142 valence electrons. The number of ether oxygens (including phenoxy) is 1. The minimum Gasteiger partial charge on any atom is -0.385 e. The minimum atomic E-state index is -0.224. The number of benzene rings is 1. The van der Waals surface area contributed by atoms with E-state index in [1.165, 1.54) is 0 Å². The highest BCUT2D eigenvalue weighted by Gasteiger charge is 2.18. The van der Waals surface area contributed by atoms with E-state index in [0.717, 1.165) is 24.3 Å². The maximum Gasteiger partial charge on any atom is 0.295 e. The second kappa shape index (κ2) is 9.35. The fourth-order valence-corrected chi connectivity index (χ4v) is 2.80. The van der Waals surface area contributed by atoms with Gasteiger partial charge in [0.05, 0.1) is 11.4 Å². The standard InChI is InChI=1S/C19H28N4O3/c1-15-18(20-17(24)11-13-21(2)12-8-14-26-4)19(25)23(22(15)3)16-9-6-5-7-10-16/h5-7,9-10H,8,11-14H2,1-4H3,(H,20,24). The van der Waals surface area contributed by atoms with Crippen molar-refractivity contribution in [2.45, 2.75) is 19.8 Å². The molecule has 0 radical (unpaired) electrons. The van der Waals surface area contributed by atoms with Crippen molar-refractivity contribution < 1.29 is 9.53 Å². The van der Waals surface area contributed by atoms with Crippen molar-refractivity contribution in [3.63, 3.8) is 0 Å². The normalized spacial score (nSPS) is 11.1. The molecule has 1 aromatic carbocycles. The number of methoxy groups -OCH3 is 1. The third kappa shape index (κ3) is 4.83. The molecule has 2 rings (SSSR count). The van der Waals surface area contributed by atoms with Crippen LogP contribution in [0.5, 0.6) is 0 Å². The summed E-state index contributed by atoms with van der Waals surface area (Å²) in [4.78, 5) is 27.1. The zero-order chi connectivity index (χ0) is 19.1. The minimum absolute atomic E-state index is 0.158. The molecule has 26 heavy (non-hydrogen) atoms. The Morgan fingerprint density at radius 1 is 1.23 bits per heavy atom. The predicted octanol–water partition coefficient (Wildman–Crippen LogP) is 1.78. The number of aromatic nitrogens is 2. The lowest BCUT2D eigenvalue weighted by molar-refractivity contribution is -0.116. The van der Waals surface area contributed by atoms with Crippen LogP contribution in [0.3, 0.4) is 0 Å². The molecule has 1 N–H and O–H groups in total. The van der Waals surface area contributed by atoms with Crippen molar-refractivity contribution >= 4 is 11.6 Å². The number of anilines is 1. The Morgan fingerprint density at radius 3 is 2.58 bits per heavy atom. The lowest BCUT2D eigenvalue weighted by Crippen LogP contribution is -2.27. The number of hydrogen-bond donors (Lipinski definition) is 1. The topological polar surface area (TPSA) is 68.5 Å². The van der Waals surface area contributed by atoms with Gasteiger partial charge in [-0.25, -0.2) is 4.68 Å². The fraction of sp³-hybridized carbons (Fsp3) is 0.474. The largest absolute Gasteiger partial charge is 0.385 e. The molecule has 0 fully saturated rings. The van der Waals surface area contributed by atoms with Crippen LogP contribution < -0.4 is 10.9 Å². The lowest BCUT2D eigenvalue weighted by Gasteiger charge is -2.15. The van der Waals surface area contributed by atoms with Gasteiger partial charge in [0.25, 0.3) is 5.56 Å². The van der Waals surface area contributed by atoms with Gasteiger partial charge < -0.3 is 15.0 Å². The highest BCUT2D eigenvalue weighted by atomic mass is 16.5. The maximum atomic E-state index is 12.8. The second-order valence-electron chi connectivity index (χ2n) is 6.38. The Balaban J connectivity index is 2.04. The molecule has 7 heteroatoms. The summed E-state index contributed by atoms with van der Waals surface area (Å²) in [6.07, 6.45) is 1.26. The maximum absolute atomic E-state index is 12.8. The first-order chi connectivity index (χ1) is 12.5. The molecular formula is C19H28N4O3. The van der Waals surface area contributed by atoms with E-state index in [-0.39, 0.29) is 11.5 Å². The molecule has 0 aliphatic carbocycles.